The fourth-order valence-corrected chi connectivity index (χ4v) is 3.27. The standard InChI is InChI=1S/C16H25NO4/c1-4-12(15(18)20-5-2)14(16(19)21-6-3)13-9-7-8-11(13)10-17/h11-14H,4-9H2,1-3H3. The van der Waals surface area contributed by atoms with Crippen LogP contribution in [0, 0.1) is 35.0 Å². The van der Waals surface area contributed by atoms with Crippen LogP contribution in [0.5, 0.6) is 0 Å². The molecule has 1 saturated carbocycles. The smallest absolute Gasteiger partial charge is 0.310 e. The molecule has 4 atom stereocenters. The number of ether oxygens (including phenoxy) is 2. The van der Waals surface area contributed by atoms with E-state index in [1.54, 1.807) is 13.8 Å². The first kappa shape index (κ1) is 17.5. The summed E-state index contributed by atoms with van der Waals surface area (Å²) in [5, 5.41) is 9.28. The molecule has 0 aliphatic heterocycles. The summed E-state index contributed by atoms with van der Waals surface area (Å²) in [6, 6.07) is 2.28. The van der Waals surface area contributed by atoms with Gasteiger partial charge in [-0.1, -0.05) is 13.3 Å². The normalized spacial score (nSPS) is 23.9. The third-order valence-electron chi connectivity index (χ3n) is 4.22. The molecule has 0 heterocycles. The minimum atomic E-state index is -0.568. The van der Waals surface area contributed by atoms with Crippen LogP contribution in [0.15, 0.2) is 0 Å². The second-order valence-corrected chi connectivity index (χ2v) is 5.37. The van der Waals surface area contributed by atoms with Gasteiger partial charge in [0.2, 0.25) is 0 Å². The molecule has 0 amide bonds. The summed E-state index contributed by atoms with van der Waals surface area (Å²) >= 11 is 0. The van der Waals surface area contributed by atoms with Gasteiger partial charge in [-0.15, -0.1) is 0 Å². The molecular weight excluding hydrogens is 270 g/mol. The van der Waals surface area contributed by atoms with Crippen molar-refractivity contribution in [1.82, 2.24) is 0 Å². The van der Waals surface area contributed by atoms with Crippen LogP contribution < -0.4 is 0 Å². The van der Waals surface area contributed by atoms with Gasteiger partial charge >= 0.3 is 11.9 Å². The zero-order valence-electron chi connectivity index (χ0n) is 13.1. The molecule has 5 heteroatoms. The lowest BCUT2D eigenvalue weighted by Gasteiger charge is -2.29. The number of carbonyl (C=O) groups excluding carboxylic acids is 2. The minimum absolute atomic E-state index is 0.108. The monoisotopic (exact) mass is 295 g/mol. The van der Waals surface area contributed by atoms with Gasteiger partial charge in [0.15, 0.2) is 0 Å². The average Bonchev–Trinajstić information content (AvgIpc) is 2.92. The number of carbonyl (C=O) groups is 2. The van der Waals surface area contributed by atoms with Crippen molar-refractivity contribution < 1.29 is 19.1 Å². The molecule has 0 aromatic carbocycles. The second-order valence-electron chi connectivity index (χ2n) is 5.37. The van der Waals surface area contributed by atoms with E-state index in [9.17, 15) is 14.9 Å². The van der Waals surface area contributed by atoms with Gasteiger partial charge < -0.3 is 9.47 Å². The maximum atomic E-state index is 12.4. The Morgan fingerprint density at radius 2 is 1.76 bits per heavy atom. The molecule has 1 aliphatic rings. The van der Waals surface area contributed by atoms with E-state index in [2.05, 4.69) is 6.07 Å². The summed E-state index contributed by atoms with van der Waals surface area (Å²) in [7, 11) is 0. The van der Waals surface area contributed by atoms with Crippen LogP contribution in [-0.4, -0.2) is 25.2 Å². The molecule has 118 valence electrons. The molecule has 1 aliphatic carbocycles. The number of esters is 2. The van der Waals surface area contributed by atoms with Crippen molar-refractivity contribution in [2.24, 2.45) is 23.7 Å². The number of rotatable bonds is 7. The molecule has 0 saturated heterocycles. The third kappa shape index (κ3) is 4.20. The first-order valence-electron chi connectivity index (χ1n) is 7.83. The molecular formula is C16H25NO4. The van der Waals surface area contributed by atoms with Crippen molar-refractivity contribution in [1.29, 1.82) is 5.26 Å². The van der Waals surface area contributed by atoms with E-state index in [0.717, 1.165) is 19.3 Å². The minimum Gasteiger partial charge on any atom is -0.466 e. The predicted octanol–water partition coefficient (Wildman–Crippen LogP) is 2.69. The van der Waals surface area contributed by atoms with Crippen LogP contribution in [-0.2, 0) is 19.1 Å². The van der Waals surface area contributed by atoms with Crippen LogP contribution in [0.4, 0.5) is 0 Å². The van der Waals surface area contributed by atoms with E-state index in [0.29, 0.717) is 6.42 Å². The van der Waals surface area contributed by atoms with Crippen LogP contribution in [0.3, 0.4) is 0 Å². The summed E-state index contributed by atoms with van der Waals surface area (Å²) in [6.07, 6.45) is 3.00. The quantitative estimate of drug-likeness (QED) is 0.675. The Hall–Kier alpha value is -1.57. The Balaban J connectivity index is 3.02. The van der Waals surface area contributed by atoms with Crippen LogP contribution >= 0.6 is 0 Å². The molecule has 1 rings (SSSR count). The van der Waals surface area contributed by atoms with Crippen LogP contribution in [0.25, 0.3) is 0 Å². The van der Waals surface area contributed by atoms with Gasteiger partial charge in [0.25, 0.3) is 0 Å². The molecule has 0 spiro atoms. The number of hydrogen-bond acceptors (Lipinski definition) is 5. The Kier molecular flexibility index (Phi) is 7.21. The Morgan fingerprint density at radius 3 is 2.29 bits per heavy atom. The molecule has 1 fully saturated rings. The van der Waals surface area contributed by atoms with E-state index < -0.39 is 11.8 Å². The maximum absolute atomic E-state index is 12.4. The lowest BCUT2D eigenvalue weighted by atomic mass is 9.75. The van der Waals surface area contributed by atoms with E-state index in [4.69, 9.17) is 9.47 Å². The lowest BCUT2D eigenvalue weighted by molar-refractivity contribution is -0.163. The third-order valence-corrected chi connectivity index (χ3v) is 4.22. The summed E-state index contributed by atoms with van der Waals surface area (Å²) < 4.78 is 10.3. The zero-order chi connectivity index (χ0) is 15.8. The molecule has 21 heavy (non-hydrogen) atoms. The van der Waals surface area contributed by atoms with Crippen molar-refractivity contribution in [2.75, 3.05) is 13.2 Å². The van der Waals surface area contributed by atoms with Gasteiger partial charge in [-0.3, -0.25) is 9.59 Å². The second kappa shape index (κ2) is 8.66. The average molecular weight is 295 g/mol. The van der Waals surface area contributed by atoms with Crippen molar-refractivity contribution >= 4 is 11.9 Å². The van der Waals surface area contributed by atoms with Crippen molar-refractivity contribution in [2.45, 2.75) is 46.5 Å². The molecule has 0 N–H and O–H groups in total. The molecule has 0 radical (unpaired) electrons. The van der Waals surface area contributed by atoms with Gasteiger partial charge in [-0.2, -0.15) is 5.26 Å². The summed E-state index contributed by atoms with van der Waals surface area (Å²) in [5.74, 6) is -2.11. The molecule has 4 unspecified atom stereocenters. The van der Waals surface area contributed by atoms with Crippen LogP contribution in [0.2, 0.25) is 0 Å². The number of hydrogen-bond donors (Lipinski definition) is 0. The number of nitrogens with zero attached hydrogens (tertiary/aromatic N) is 1. The van der Waals surface area contributed by atoms with Gasteiger partial charge in [-0.05, 0) is 39.0 Å². The molecule has 0 aromatic heterocycles. The fraction of sp³-hybridized carbons (Fsp3) is 0.812. The topological polar surface area (TPSA) is 76.4 Å². The van der Waals surface area contributed by atoms with Crippen molar-refractivity contribution in [3.63, 3.8) is 0 Å². The van der Waals surface area contributed by atoms with Gasteiger partial charge in [-0.25, -0.2) is 0 Å². The fourth-order valence-electron chi connectivity index (χ4n) is 3.27. The molecule has 0 aromatic rings. The maximum Gasteiger partial charge on any atom is 0.310 e. The lowest BCUT2D eigenvalue weighted by Crippen LogP contribution is -2.38. The number of nitriles is 1. The largest absolute Gasteiger partial charge is 0.466 e. The molecule has 5 nitrogen and oxygen atoms in total. The molecule has 0 bridgehead atoms. The first-order chi connectivity index (χ1) is 10.1. The van der Waals surface area contributed by atoms with Crippen molar-refractivity contribution in [3.8, 4) is 6.07 Å². The highest BCUT2D eigenvalue weighted by atomic mass is 16.5. The summed E-state index contributed by atoms with van der Waals surface area (Å²) in [5.41, 5.74) is 0. The Bertz CT molecular complexity index is 402. The SMILES string of the molecule is CCOC(=O)C(CC)C(C(=O)OCC)C1CCCC1C#N. The summed E-state index contributed by atoms with van der Waals surface area (Å²) in [6.45, 7) is 5.92. The Morgan fingerprint density at radius 1 is 1.14 bits per heavy atom. The Labute approximate surface area is 126 Å². The zero-order valence-corrected chi connectivity index (χ0v) is 13.1. The predicted molar refractivity (Wildman–Crippen MR) is 77.0 cm³/mol. The highest BCUT2D eigenvalue weighted by Crippen LogP contribution is 2.41. The van der Waals surface area contributed by atoms with E-state index in [1.165, 1.54) is 0 Å². The van der Waals surface area contributed by atoms with Crippen molar-refractivity contribution in [3.05, 3.63) is 0 Å². The van der Waals surface area contributed by atoms with Gasteiger partial charge in [0.05, 0.1) is 31.1 Å². The first-order valence-corrected chi connectivity index (χ1v) is 7.83. The van der Waals surface area contributed by atoms with Crippen LogP contribution in [0.1, 0.15) is 46.5 Å². The van der Waals surface area contributed by atoms with Gasteiger partial charge in [0.1, 0.15) is 0 Å². The summed E-state index contributed by atoms with van der Waals surface area (Å²) in [4.78, 5) is 24.5. The van der Waals surface area contributed by atoms with Gasteiger partial charge in [0, 0.05) is 5.92 Å². The highest BCUT2D eigenvalue weighted by molar-refractivity contribution is 5.82. The van der Waals surface area contributed by atoms with E-state index in [1.807, 2.05) is 6.92 Å². The highest BCUT2D eigenvalue weighted by Gasteiger charge is 2.45. The van der Waals surface area contributed by atoms with E-state index in [-0.39, 0.29) is 37.0 Å². The van der Waals surface area contributed by atoms with E-state index >= 15 is 0 Å².